The summed E-state index contributed by atoms with van der Waals surface area (Å²) < 4.78 is 6.02. The molecule has 0 bridgehead atoms. The highest BCUT2D eigenvalue weighted by atomic mass is 127. The Morgan fingerprint density at radius 2 is 1.92 bits per heavy atom. The number of benzene rings is 1. The number of halogens is 1. The zero-order chi connectivity index (χ0) is 18.1. The molecule has 2 aliphatic heterocycles. The molecule has 1 N–H and O–H groups in total. The van der Waals surface area contributed by atoms with Crippen molar-refractivity contribution in [3.63, 3.8) is 0 Å². The normalized spacial score (nSPS) is 26.8. The van der Waals surface area contributed by atoms with Crippen molar-refractivity contribution in [2.24, 2.45) is 16.3 Å². The number of aliphatic imine (C=N–C) groups is 1. The van der Waals surface area contributed by atoms with Gasteiger partial charge in [0.15, 0.2) is 5.96 Å². The van der Waals surface area contributed by atoms with Crippen LogP contribution < -0.4 is 5.32 Å². The Balaban J connectivity index is 0.00000243. The third kappa shape index (κ3) is 4.03. The molecule has 2 atom stereocenters. The number of ether oxygens (including phenoxy) is 1. The fraction of sp³-hybridized carbons (Fsp3) is 0.667. The first-order chi connectivity index (χ1) is 11.9. The number of nitrogens with zero attached hydrogens (tertiary/aromatic N) is 2. The van der Waals surface area contributed by atoms with Crippen molar-refractivity contribution in [1.82, 2.24) is 10.2 Å². The van der Waals surface area contributed by atoms with Crippen LogP contribution in [0.4, 0.5) is 0 Å². The quantitative estimate of drug-likeness (QED) is 0.400. The lowest BCUT2D eigenvalue weighted by atomic mass is 9.65. The monoisotopic (exact) mass is 471 g/mol. The van der Waals surface area contributed by atoms with Crippen molar-refractivity contribution in [2.45, 2.75) is 52.7 Å². The zero-order valence-corrected chi connectivity index (χ0v) is 19.1. The van der Waals surface area contributed by atoms with Gasteiger partial charge >= 0.3 is 0 Å². The van der Waals surface area contributed by atoms with E-state index in [1.807, 2.05) is 0 Å². The number of guanidine groups is 1. The van der Waals surface area contributed by atoms with E-state index in [0.29, 0.717) is 11.3 Å². The third-order valence-electron chi connectivity index (χ3n) is 6.29. The van der Waals surface area contributed by atoms with Crippen LogP contribution in [-0.4, -0.2) is 42.6 Å². The van der Waals surface area contributed by atoms with Gasteiger partial charge in [0.1, 0.15) is 0 Å². The Kier molecular flexibility index (Phi) is 6.99. The SMILES string of the molecule is CCNC(=NCC1CCOC1c1ccccc1)N1CC(C)(C)C1(C)C.I. The van der Waals surface area contributed by atoms with Gasteiger partial charge in [0, 0.05) is 43.1 Å². The maximum absolute atomic E-state index is 6.02. The number of hydrogen-bond donors (Lipinski definition) is 1. The van der Waals surface area contributed by atoms with E-state index in [1.54, 1.807) is 0 Å². The van der Waals surface area contributed by atoms with Crippen molar-refractivity contribution in [3.05, 3.63) is 35.9 Å². The predicted octanol–water partition coefficient (Wildman–Crippen LogP) is 4.47. The summed E-state index contributed by atoms with van der Waals surface area (Å²) in [4.78, 5) is 7.43. The van der Waals surface area contributed by atoms with Gasteiger partial charge < -0.3 is 15.0 Å². The number of hydrogen-bond acceptors (Lipinski definition) is 2. The van der Waals surface area contributed by atoms with Crippen LogP contribution in [0.15, 0.2) is 35.3 Å². The molecule has 0 aliphatic carbocycles. The van der Waals surface area contributed by atoms with Gasteiger partial charge in [-0.1, -0.05) is 44.2 Å². The third-order valence-corrected chi connectivity index (χ3v) is 6.29. The fourth-order valence-electron chi connectivity index (χ4n) is 3.83. The molecule has 1 aromatic carbocycles. The first-order valence-electron chi connectivity index (χ1n) is 9.59. The van der Waals surface area contributed by atoms with E-state index in [4.69, 9.17) is 9.73 Å². The van der Waals surface area contributed by atoms with E-state index in [0.717, 1.165) is 38.6 Å². The molecule has 0 aromatic heterocycles. The zero-order valence-electron chi connectivity index (χ0n) is 16.8. The van der Waals surface area contributed by atoms with E-state index < -0.39 is 0 Å². The average Bonchev–Trinajstić information content (AvgIpc) is 3.06. The summed E-state index contributed by atoms with van der Waals surface area (Å²) >= 11 is 0. The van der Waals surface area contributed by atoms with Gasteiger partial charge in [0.2, 0.25) is 0 Å². The van der Waals surface area contributed by atoms with Crippen LogP contribution >= 0.6 is 24.0 Å². The Morgan fingerprint density at radius 3 is 2.50 bits per heavy atom. The Labute approximate surface area is 175 Å². The lowest BCUT2D eigenvalue weighted by molar-refractivity contribution is -0.0668. The highest BCUT2D eigenvalue weighted by molar-refractivity contribution is 14.0. The largest absolute Gasteiger partial charge is 0.373 e. The van der Waals surface area contributed by atoms with Crippen LogP contribution in [0.2, 0.25) is 0 Å². The molecular weight excluding hydrogens is 437 g/mol. The van der Waals surface area contributed by atoms with Crippen LogP contribution in [0.3, 0.4) is 0 Å². The van der Waals surface area contributed by atoms with E-state index in [9.17, 15) is 0 Å². The van der Waals surface area contributed by atoms with Gasteiger partial charge in [-0.05, 0) is 32.8 Å². The molecule has 146 valence electrons. The molecule has 1 aromatic rings. The maximum Gasteiger partial charge on any atom is 0.194 e. The van der Waals surface area contributed by atoms with Crippen molar-refractivity contribution >= 4 is 29.9 Å². The molecule has 2 saturated heterocycles. The molecule has 0 spiro atoms. The lowest BCUT2D eigenvalue weighted by Gasteiger charge is -2.62. The summed E-state index contributed by atoms with van der Waals surface area (Å²) in [6.45, 7) is 15.0. The standard InChI is InChI=1S/C21H33N3O.HI/c1-6-22-19(24-15-20(2,3)21(24,4)5)23-14-17-12-13-25-18(17)16-10-8-7-9-11-16;/h7-11,17-18H,6,12-15H2,1-5H3,(H,22,23);1H. The predicted molar refractivity (Wildman–Crippen MR) is 119 cm³/mol. The number of likely N-dealkylation sites (tertiary alicyclic amines) is 1. The maximum atomic E-state index is 6.02. The first kappa shape index (κ1) is 21.5. The molecule has 4 nitrogen and oxygen atoms in total. The highest BCUT2D eigenvalue weighted by Gasteiger charge is 2.53. The second kappa shape index (κ2) is 8.46. The summed E-state index contributed by atoms with van der Waals surface area (Å²) in [6.07, 6.45) is 1.26. The second-order valence-electron chi connectivity index (χ2n) is 8.47. The minimum atomic E-state index is 0. The van der Waals surface area contributed by atoms with Crippen molar-refractivity contribution in [3.8, 4) is 0 Å². The molecule has 0 radical (unpaired) electrons. The fourth-order valence-corrected chi connectivity index (χ4v) is 3.83. The molecule has 26 heavy (non-hydrogen) atoms. The topological polar surface area (TPSA) is 36.9 Å². The molecule has 2 fully saturated rings. The van der Waals surface area contributed by atoms with Crippen molar-refractivity contribution in [1.29, 1.82) is 0 Å². The molecule has 2 aliphatic rings. The van der Waals surface area contributed by atoms with E-state index in [2.05, 4.69) is 75.2 Å². The molecule has 5 heteroatoms. The van der Waals surface area contributed by atoms with Crippen LogP contribution in [0.5, 0.6) is 0 Å². The molecule has 2 heterocycles. The lowest BCUT2D eigenvalue weighted by Crippen LogP contribution is -2.72. The van der Waals surface area contributed by atoms with Gasteiger partial charge in [0.25, 0.3) is 0 Å². The van der Waals surface area contributed by atoms with E-state index in [-0.39, 0.29) is 35.6 Å². The molecular formula is C21H34IN3O. The summed E-state index contributed by atoms with van der Waals surface area (Å²) in [5.74, 6) is 1.50. The smallest absolute Gasteiger partial charge is 0.194 e. The highest BCUT2D eigenvalue weighted by Crippen LogP contribution is 2.46. The van der Waals surface area contributed by atoms with Crippen LogP contribution in [0, 0.1) is 11.3 Å². The minimum absolute atomic E-state index is 0. The van der Waals surface area contributed by atoms with Crippen LogP contribution in [-0.2, 0) is 4.74 Å². The Hall–Kier alpha value is -0.820. The second-order valence-corrected chi connectivity index (χ2v) is 8.47. The Morgan fingerprint density at radius 1 is 1.23 bits per heavy atom. The van der Waals surface area contributed by atoms with Gasteiger partial charge in [-0.3, -0.25) is 4.99 Å². The number of rotatable bonds is 4. The first-order valence-corrected chi connectivity index (χ1v) is 9.59. The van der Waals surface area contributed by atoms with E-state index in [1.165, 1.54) is 5.56 Å². The van der Waals surface area contributed by atoms with E-state index >= 15 is 0 Å². The summed E-state index contributed by atoms with van der Waals surface area (Å²) in [5, 5.41) is 3.49. The Bertz CT molecular complexity index is 615. The summed E-state index contributed by atoms with van der Waals surface area (Å²) in [7, 11) is 0. The molecule has 0 saturated carbocycles. The van der Waals surface area contributed by atoms with Crippen molar-refractivity contribution in [2.75, 3.05) is 26.2 Å². The van der Waals surface area contributed by atoms with Gasteiger partial charge in [-0.15, -0.1) is 24.0 Å². The van der Waals surface area contributed by atoms with Crippen molar-refractivity contribution < 1.29 is 4.74 Å². The molecule has 2 unspecified atom stereocenters. The van der Waals surface area contributed by atoms with Gasteiger partial charge in [-0.2, -0.15) is 0 Å². The molecule has 0 amide bonds. The van der Waals surface area contributed by atoms with Gasteiger partial charge in [-0.25, -0.2) is 0 Å². The van der Waals surface area contributed by atoms with Crippen LogP contribution in [0.1, 0.15) is 52.7 Å². The summed E-state index contributed by atoms with van der Waals surface area (Å²) in [5.41, 5.74) is 1.71. The summed E-state index contributed by atoms with van der Waals surface area (Å²) in [6, 6.07) is 10.6. The van der Waals surface area contributed by atoms with Gasteiger partial charge in [0.05, 0.1) is 6.10 Å². The number of nitrogens with one attached hydrogen (secondary N) is 1. The minimum Gasteiger partial charge on any atom is -0.373 e. The van der Waals surface area contributed by atoms with Crippen LogP contribution in [0.25, 0.3) is 0 Å². The molecule has 3 rings (SSSR count). The average molecular weight is 471 g/mol.